The van der Waals surface area contributed by atoms with E-state index >= 15 is 0 Å². The minimum atomic E-state index is 0.454. The Labute approximate surface area is 141 Å². The summed E-state index contributed by atoms with van der Waals surface area (Å²) in [4.78, 5) is 15.7. The van der Waals surface area contributed by atoms with Gasteiger partial charge in [-0.05, 0) is 50.9 Å². The van der Waals surface area contributed by atoms with Crippen LogP contribution in [0.15, 0.2) is 30.7 Å². The average molecular weight is 322 g/mol. The van der Waals surface area contributed by atoms with Gasteiger partial charge in [0.2, 0.25) is 0 Å². The Bertz CT molecular complexity index is 838. The Kier molecular flexibility index (Phi) is 3.98. The molecule has 24 heavy (non-hydrogen) atoms. The van der Waals surface area contributed by atoms with Gasteiger partial charge in [0.1, 0.15) is 6.33 Å². The third-order valence-corrected chi connectivity index (χ3v) is 4.69. The molecule has 3 aromatic heterocycles. The van der Waals surface area contributed by atoms with E-state index in [0.717, 1.165) is 31.0 Å². The number of hydrogen-bond donors (Lipinski definition) is 0. The second-order valence-electron chi connectivity index (χ2n) is 6.70. The number of likely N-dealkylation sites (tertiary alicyclic amines) is 1. The van der Waals surface area contributed by atoms with E-state index in [1.807, 2.05) is 17.6 Å². The largest absolute Gasteiger partial charge is 0.297 e. The molecule has 1 fully saturated rings. The van der Waals surface area contributed by atoms with Gasteiger partial charge >= 0.3 is 0 Å². The van der Waals surface area contributed by atoms with Gasteiger partial charge in [-0.3, -0.25) is 9.88 Å². The van der Waals surface area contributed by atoms with Crippen molar-refractivity contribution >= 4 is 5.78 Å². The number of aryl methyl sites for hydroxylation is 2. The lowest BCUT2D eigenvalue weighted by molar-refractivity contribution is 0.195. The molecule has 4 rings (SSSR count). The Morgan fingerprint density at radius 1 is 1.21 bits per heavy atom. The third-order valence-electron chi connectivity index (χ3n) is 4.69. The standard InChI is InChI=1S/C18H22N6/c1-13-5-6-16(19-9-13)11-23-7-3-4-15(10-23)17-8-14(2)22-18-20-12-21-24(17)18/h5-6,8-9,12,15H,3-4,7,10-11H2,1-2H3. The lowest BCUT2D eigenvalue weighted by Gasteiger charge is -2.32. The molecule has 0 aliphatic carbocycles. The van der Waals surface area contributed by atoms with E-state index in [2.05, 4.69) is 50.1 Å². The predicted molar refractivity (Wildman–Crippen MR) is 91.7 cm³/mol. The zero-order valence-electron chi connectivity index (χ0n) is 14.2. The maximum Gasteiger partial charge on any atom is 0.252 e. The second-order valence-corrected chi connectivity index (χ2v) is 6.70. The third kappa shape index (κ3) is 3.01. The van der Waals surface area contributed by atoms with Crippen molar-refractivity contribution < 1.29 is 0 Å². The average Bonchev–Trinajstić information content (AvgIpc) is 3.05. The smallest absolute Gasteiger partial charge is 0.252 e. The van der Waals surface area contributed by atoms with E-state index < -0.39 is 0 Å². The molecule has 0 radical (unpaired) electrons. The van der Waals surface area contributed by atoms with Gasteiger partial charge in [0.05, 0.1) is 11.4 Å². The van der Waals surface area contributed by atoms with Crippen LogP contribution in [-0.4, -0.2) is 42.6 Å². The van der Waals surface area contributed by atoms with E-state index in [0.29, 0.717) is 11.7 Å². The number of rotatable bonds is 3. The van der Waals surface area contributed by atoms with Crippen molar-refractivity contribution in [2.24, 2.45) is 0 Å². The molecule has 0 spiro atoms. The van der Waals surface area contributed by atoms with Gasteiger partial charge in [0.25, 0.3) is 5.78 Å². The summed E-state index contributed by atoms with van der Waals surface area (Å²) in [6.45, 7) is 7.14. The molecule has 1 aliphatic heterocycles. The summed E-state index contributed by atoms with van der Waals surface area (Å²) < 4.78 is 1.89. The highest BCUT2D eigenvalue weighted by atomic mass is 15.3. The molecule has 0 aromatic carbocycles. The monoisotopic (exact) mass is 322 g/mol. The number of piperidine rings is 1. The molecule has 3 aromatic rings. The number of fused-ring (bicyclic) bond motifs is 1. The summed E-state index contributed by atoms with van der Waals surface area (Å²) in [6.07, 6.45) is 5.90. The van der Waals surface area contributed by atoms with Crippen LogP contribution in [0.25, 0.3) is 5.78 Å². The molecule has 124 valence electrons. The predicted octanol–water partition coefficient (Wildman–Crippen LogP) is 2.52. The van der Waals surface area contributed by atoms with Crippen LogP contribution < -0.4 is 0 Å². The van der Waals surface area contributed by atoms with Crippen molar-refractivity contribution in [1.82, 2.24) is 29.5 Å². The lowest BCUT2D eigenvalue weighted by atomic mass is 9.94. The summed E-state index contributed by atoms with van der Waals surface area (Å²) in [5.74, 6) is 1.15. The Morgan fingerprint density at radius 2 is 2.12 bits per heavy atom. The SMILES string of the molecule is Cc1ccc(CN2CCCC(c3cc(C)nc4ncnn34)C2)nc1. The van der Waals surface area contributed by atoms with Gasteiger partial charge in [-0.1, -0.05) is 6.07 Å². The topological polar surface area (TPSA) is 59.2 Å². The van der Waals surface area contributed by atoms with Crippen LogP contribution in [0.2, 0.25) is 0 Å². The fourth-order valence-corrected chi connectivity index (χ4v) is 3.51. The maximum atomic E-state index is 4.55. The van der Waals surface area contributed by atoms with Gasteiger partial charge < -0.3 is 0 Å². The van der Waals surface area contributed by atoms with Crippen molar-refractivity contribution in [1.29, 1.82) is 0 Å². The number of pyridine rings is 1. The van der Waals surface area contributed by atoms with Gasteiger partial charge in [-0.2, -0.15) is 10.1 Å². The van der Waals surface area contributed by atoms with Crippen molar-refractivity contribution in [2.75, 3.05) is 13.1 Å². The van der Waals surface area contributed by atoms with Crippen LogP contribution in [0.5, 0.6) is 0 Å². The highest BCUT2D eigenvalue weighted by Crippen LogP contribution is 2.27. The Hall–Kier alpha value is -2.34. The van der Waals surface area contributed by atoms with E-state index in [-0.39, 0.29) is 0 Å². The molecular weight excluding hydrogens is 300 g/mol. The van der Waals surface area contributed by atoms with Crippen LogP contribution in [0.4, 0.5) is 0 Å². The first-order chi connectivity index (χ1) is 11.7. The van der Waals surface area contributed by atoms with Crippen LogP contribution in [0.3, 0.4) is 0 Å². The minimum absolute atomic E-state index is 0.454. The van der Waals surface area contributed by atoms with Crippen molar-refractivity contribution in [3.63, 3.8) is 0 Å². The lowest BCUT2D eigenvalue weighted by Crippen LogP contribution is -2.35. The molecule has 4 heterocycles. The molecule has 0 amide bonds. The molecule has 0 N–H and O–H groups in total. The number of hydrogen-bond acceptors (Lipinski definition) is 5. The van der Waals surface area contributed by atoms with Gasteiger partial charge in [0.15, 0.2) is 0 Å². The Balaban J connectivity index is 1.55. The van der Waals surface area contributed by atoms with E-state index in [9.17, 15) is 0 Å². The highest BCUT2D eigenvalue weighted by molar-refractivity contribution is 5.31. The molecule has 1 atom stereocenters. The molecule has 0 bridgehead atoms. The van der Waals surface area contributed by atoms with Crippen molar-refractivity contribution in [3.8, 4) is 0 Å². The highest BCUT2D eigenvalue weighted by Gasteiger charge is 2.24. The zero-order chi connectivity index (χ0) is 16.5. The first-order valence-electron chi connectivity index (χ1n) is 8.50. The summed E-state index contributed by atoms with van der Waals surface area (Å²) in [5.41, 5.74) is 4.56. The molecular formula is C18H22N6. The first kappa shape index (κ1) is 15.2. The fraction of sp³-hybridized carbons (Fsp3) is 0.444. The maximum absolute atomic E-state index is 4.55. The van der Waals surface area contributed by atoms with Gasteiger partial charge in [-0.15, -0.1) is 0 Å². The normalized spacial score (nSPS) is 19.0. The van der Waals surface area contributed by atoms with Gasteiger partial charge in [-0.25, -0.2) is 9.50 Å². The van der Waals surface area contributed by atoms with Crippen LogP contribution in [-0.2, 0) is 6.54 Å². The molecule has 0 saturated carbocycles. The molecule has 6 nitrogen and oxygen atoms in total. The van der Waals surface area contributed by atoms with E-state index in [4.69, 9.17) is 0 Å². The van der Waals surface area contributed by atoms with E-state index in [1.54, 1.807) is 6.33 Å². The summed E-state index contributed by atoms with van der Waals surface area (Å²) in [6, 6.07) is 6.42. The summed E-state index contributed by atoms with van der Waals surface area (Å²) in [7, 11) is 0. The summed E-state index contributed by atoms with van der Waals surface area (Å²) >= 11 is 0. The van der Waals surface area contributed by atoms with E-state index in [1.165, 1.54) is 24.1 Å². The van der Waals surface area contributed by atoms with Crippen LogP contribution in [0, 0.1) is 13.8 Å². The molecule has 1 saturated heterocycles. The van der Waals surface area contributed by atoms with Gasteiger partial charge in [0, 0.05) is 30.9 Å². The quantitative estimate of drug-likeness (QED) is 0.741. The minimum Gasteiger partial charge on any atom is -0.297 e. The Morgan fingerprint density at radius 3 is 2.96 bits per heavy atom. The molecule has 6 heteroatoms. The first-order valence-corrected chi connectivity index (χ1v) is 8.50. The van der Waals surface area contributed by atoms with Crippen molar-refractivity contribution in [2.45, 2.75) is 39.2 Å². The fourth-order valence-electron chi connectivity index (χ4n) is 3.51. The summed E-state index contributed by atoms with van der Waals surface area (Å²) in [5, 5.41) is 4.37. The zero-order valence-corrected chi connectivity index (χ0v) is 14.2. The molecule has 1 aliphatic rings. The van der Waals surface area contributed by atoms with Crippen LogP contribution >= 0.6 is 0 Å². The van der Waals surface area contributed by atoms with Crippen molar-refractivity contribution in [3.05, 3.63) is 53.4 Å². The number of nitrogens with zero attached hydrogens (tertiary/aromatic N) is 6. The number of aromatic nitrogens is 5. The second kappa shape index (κ2) is 6.28. The van der Waals surface area contributed by atoms with Crippen LogP contribution in [0.1, 0.15) is 41.4 Å². The molecule has 1 unspecified atom stereocenters.